The minimum Gasteiger partial charge on any atom is -0.494 e. The van der Waals surface area contributed by atoms with Gasteiger partial charge in [0.1, 0.15) is 5.75 Å². The summed E-state index contributed by atoms with van der Waals surface area (Å²) in [6, 6.07) is 14.8. The van der Waals surface area contributed by atoms with Gasteiger partial charge in [-0.25, -0.2) is 9.97 Å². The second-order valence-corrected chi connectivity index (χ2v) is 15.5. The number of fused-ring (bicyclic) bond motifs is 8. The topological polar surface area (TPSA) is 119 Å². The average molecular weight is 785 g/mol. The molecule has 4 aromatic rings. The van der Waals surface area contributed by atoms with Crippen LogP contribution in [0, 0.1) is 13.8 Å². The highest BCUT2D eigenvalue weighted by Crippen LogP contribution is 2.43. The number of rotatable bonds is 16. The fourth-order valence-electron chi connectivity index (χ4n) is 8.44. The lowest BCUT2D eigenvalue weighted by molar-refractivity contribution is -0.141. The number of aromatic nitrogens is 4. The quantitative estimate of drug-likeness (QED) is 0.0857. The molecule has 3 aromatic heterocycles. The highest BCUT2D eigenvalue weighted by molar-refractivity contribution is 6.02. The zero-order valence-corrected chi connectivity index (χ0v) is 36.0. The summed E-state index contributed by atoms with van der Waals surface area (Å²) in [6.45, 7) is 15.8. The summed E-state index contributed by atoms with van der Waals surface area (Å²) in [5, 5.41) is 0. The molecule has 0 saturated carbocycles. The summed E-state index contributed by atoms with van der Waals surface area (Å²) in [7, 11) is 2.84. The number of carbonyl (C=O) groups excluding carboxylic acids is 2. The lowest BCUT2D eigenvalue weighted by Crippen LogP contribution is -2.02. The monoisotopic (exact) mass is 784 g/mol. The van der Waals surface area contributed by atoms with E-state index in [2.05, 4.69) is 101 Å². The van der Waals surface area contributed by atoms with Gasteiger partial charge in [0, 0.05) is 40.5 Å². The third-order valence-electron chi connectivity index (χ3n) is 11.9. The van der Waals surface area contributed by atoms with Crippen LogP contribution in [0.15, 0.2) is 42.5 Å². The van der Waals surface area contributed by atoms with E-state index in [1.165, 1.54) is 51.0 Å². The molecule has 8 bridgehead atoms. The number of aryl methyl sites for hydroxylation is 4. The van der Waals surface area contributed by atoms with Gasteiger partial charge in [-0.15, -0.1) is 0 Å². The van der Waals surface area contributed by atoms with Gasteiger partial charge in [-0.1, -0.05) is 58.6 Å². The average Bonchev–Trinajstić information content (AvgIpc) is 3.90. The molecule has 306 valence electrons. The molecule has 0 unspecified atom stereocenters. The van der Waals surface area contributed by atoms with E-state index in [1.54, 1.807) is 0 Å². The van der Waals surface area contributed by atoms with Crippen molar-refractivity contribution >= 4 is 56.3 Å². The zero-order valence-electron chi connectivity index (χ0n) is 36.0. The van der Waals surface area contributed by atoms with E-state index in [-0.39, 0.29) is 24.8 Å². The molecule has 1 aromatic carbocycles. The Morgan fingerprint density at radius 2 is 1.10 bits per heavy atom. The van der Waals surface area contributed by atoms with Crippen LogP contribution in [0.25, 0.3) is 55.5 Å². The summed E-state index contributed by atoms with van der Waals surface area (Å²) in [4.78, 5) is 43.2. The fraction of sp³-hybridized carbons (Fsp3) is 0.429. The molecule has 6 rings (SSSR count). The molecule has 0 aliphatic carbocycles. The van der Waals surface area contributed by atoms with Crippen LogP contribution in [-0.2, 0) is 31.9 Å². The molecule has 2 aliphatic heterocycles. The SMILES string of the molecule is CCCCCCCOc1ccc(-c2c3nc(cc4[nH]c(cc5[nH]c(cc6nc2C(C)=C6CC)c(C)c5CCC(=O)OC)c(CCC(=O)OC)c4C)C(CC)=C3C)cc1. The molecule has 0 atom stereocenters. The number of esters is 2. The van der Waals surface area contributed by atoms with E-state index in [0.29, 0.717) is 19.4 Å². The Balaban J connectivity index is 1.66. The molecule has 2 N–H and O–H groups in total. The zero-order chi connectivity index (χ0) is 41.5. The van der Waals surface area contributed by atoms with Crippen LogP contribution in [0.3, 0.4) is 0 Å². The van der Waals surface area contributed by atoms with Crippen molar-refractivity contribution in [3.05, 3.63) is 87.5 Å². The molecule has 0 fully saturated rings. The first kappa shape index (κ1) is 42.2. The largest absolute Gasteiger partial charge is 0.494 e. The molecule has 2 aliphatic rings. The Kier molecular flexibility index (Phi) is 13.7. The number of nitrogens with zero attached hydrogens (tertiary/aromatic N) is 2. The predicted octanol–water partition coefficient (Wildman–Crippen LogP) is 11.8. The number of unbranched alkanes of at least 4 members (excludes halogenated alkanes) is 4. The Morgan fingerprint density at radius 1 is 0.621 bits per heavy atom. The predicted molar refractivity (Wildman–Crippen MR) is 236 cm³/mol. The van der Waals surface area contributed by atoms with Crippen LogP contribution in [0.2, 0.25) is 0 Å². The van der Waals surface area contributed by atoms with Crippen molar-refractivity contribution in [1.29, 1.82) is 0 Å². The number of nitrogens with one attached hydrogen (secondary N) is 2. The molecule has 58 heavy (non-hydrogen) atoms. The van der Waals surface area contributed by atoms with Crippen molar-refractivity contribution in [2.75, 3.05) is 20.8 Å². The van der Waals surface area contributed by atoms with Crippen LogP contribution in [0.1, 0.15) is 137 Å². The normalized spacial score (nSPS) is 12.7. The van der Waals surface area contributed by atoms with Gasteiger partial charge >= 0.3 is 11.9 Å². The third kappa shape index (κ3) is 8.83. The number of hydrogen-bond donors (Lipinski definition) is 2. The minimum atomic E-state index is -0.262. The van der Waals surface area contributed by atoms with Gasteiger partial charge in [0.2, 0.25) is 0 Å². The van der Waals surface area contributed by atoms with Crippen LogP contribution in [0.5, 0.6) is 5.75 Å². The van der Waals surface area contributed by atoms with Crippen LogP contribution in [0.4, 0.5) is 0 Å². The standard InChI is InChI=1S/C49H60N4O5/c1-10-13-14-15-16-25-58-34-19-17-33(18-20-34)47-48-31(6)35(11-2)41(52-48)26-39-29(4)37(21-23-45(54)56-8)43(50-39)28-44-38(22-24-46(55)57-9)30(5)40(51-44)27-42-36(12-3)32(7)49(47)53-42/h17-20,26-28,50-51H,10-16,21-25H2,1-9H3. The molecular formula is C49H60N4O5. The van der Waals surface area contributed by atoms with E-state index in [9.17, 15) is 9.59 Å². The lowest BCUT2D eigenvalue weighted by Gasteiger charge is -2.12. The van der Waals surface area contributed by atoms with E-state index >= 15 is 0 Å². The molecule has 0 spiro atoms. The second-order valence-electron chi connectivity index (χ2n) is 15.5. The summed E-state index contributed by atoms with van der Waals surface area (Å²) in [5.74, 6) is 0.334. The van der Waals surface area contributed by atoms with Crippen molar-refractivity contribution in [2.45, 2.75) is 119 Å². The number of methoxy groups -OCH3 is 2. The summed E-state index contributed by atoms with van der Waals surface area (Å²) in [5.41, 5.74) is 18.1. The number of allylic oxidation sites excluding steroid dienone is 4. The first-order chi connectivity index (χ1) is 28.0. The number of hydrogen-bond acceptors (Lipinski definition) is 7. The Bertz CT molecular complexity index is 2280. The molecule has 9 nitrogen and oxygen atoms in total. The van der Waals surface area contributed by atoms with Gasteiger partial charge in [-0.05, 0) is 140 Å². The van der Waals surface area contributed by atoms with Crippen molar-refractivity contribution in [3.63, 3.8) is 0 Å². The van der Waals surface area contributed by atoms with Crippen LogP contribution < -0.4 is 4.74 Å². The molecule has 0 radical (unpaired) electrons. The Labute approximate surface area is 343 Å². The van der Waals surface area contributed by atoms with Crippen molar-refractivity contribution in [2.24, 2.45) is 0 Å². The van der Waals surface area contributed by atoms with Gasteiger partial charge < -0.3 is 24.2 Å². The lowest BCUT2D eigenvalue weighted by atomic mass is 9.93. The maximum atomic E-state index is 12.4. The number of ether oxygens (including phenoxy) is 3. The Morgan fingerprint density at radius 3 is 1.55 bits per heavy atom. The van der Waals surface area contributed by atoms with Crippen LogP contribution in [-0.4, -0.2) is 52.7 Å². The van der Waals surface area contributed by atoms with E-state index < -0.39 is 0 Å². The molecule has 0 saturated heterocycles. The highest BCUT2D eigenvalue weighted by atomic mass is 16.5. The van der Waals surface area contributed by atoms with E-state index in [1.807, 2.05) is 0 Å². The van der Waals surface area contributed by atoms with Crippen molar-refractivity contribution in [1.82, 2.24) is 19.9 Å². The number of aromatic amines is 2. The van der Waals surface area contributed by atoms with Gasteiger partial charge in [-0.2, -0.15) is 0 Å². The number of carbonyl (C=O) groups is 2. The molecule has 5 heterocycles. The van der Waals surface area contributed by atoms with E-state index in [0.717, 1.165) is 114 Å². The minimum absolute atomic E-state index is 0.247. The molecule has 9 heteroatoms. The maximum Gasteiger partial charge on any atom is 0.305 e. The fourth-order valence-corrected chi connectivity index (χ4v) is 8.44. The van der Waals surface area contributed by atoms with Gasteiger partial charge in [0.05, 0.1) is 43.6 Å². The number of H-pyrrole nitrogens is 2. The summed E-state index contributed by atoms with van der Waals surface area (Å²) in [6.07, 6.45) is 9.07. The molecular weight excluding hydrogens is 725 g/mol. The van der Waals surface area contributed by atoms with Gasteiger partial charge in [0.25, 0.3) is 0 Å². The Hall–Kier alpha value is -5.44. The molecule has 0 amide bonds. The van der Waals surface area contributed by atoms with E-state index in [4.69, 9.17) is 24.2 Å². The first-order valence-corrected chi connectivity index (χ1v) is 21.1. The second kappa shape index (κ2) is 18.9. The maximum absolute atomic E-state index is 12.4. The van der Waals surface area contributed by atoms with Crippen LogP contribution >= 0.6 is 0 Å². The third-order valence-corrected chi connectivity index (χ3v) is 11.9. The van der Waals surface area contributed by atoms with Gasteiger partial charge in [-0.3, -0.25) is 9.59 Å². The van der Waals surface area contributed by atoms with Crippen molar-refractivity contribution < 1.29 is 23.8 Å². The van der Waals surface area contributed by atoms with Crippen molar-refractivity contribution in [3.8, 4) is 16.9 Å². The highest BCUT2D eigenvalue weighted by Gasteiger charge is 2.26. The summed E-state index contributed by atoms with van der Waals surface area (Å²) >= 11 is 0. The first-order valence-electron chi connectivity index (χ1n) is 21.1. The smallest absolute Gasteiger partial charge is 0.305 e. The summed E-state index contributed by atoms with van der Waals surface area (Å²) < 4.78 is 16.3. The number of benzene rings is 1. The van der Waals surface area contributed by atoms with Gasteiger partial charge in [0.15, 0.2) is 0 Å².